The fourth-order valence-electron chi connectivity index (χ4n) is 2.22. The first-order valence-electron chi connectivity index (χ1n) is 6.54. The molecule has 0 atom stereocenters. The summed E-state index contributed by atoms with van der Waals surface area (Å²) in [6.45, 7) is 0.420. The highest BCUT2D eigenvalue weighted by atomic mass is 16.1. The fourth-order valence-corrected chi connectivity index (χ4v) is 2.22. The maximum Gasteiger partial charge on any atom is 0.252 e. The number of carbonyl (C=O) groups is 1. The summed E-state index contributed by atoms with van der Waals surface area (Å²) in [6, 6.07) is 9.04. The standard InChI is InChI=1S/C15H15N5O/c1-20-9-10(8-18-20)7-17-15(21)12-6-14(16)19-13-5-3-2-4-11(12)13/h2-6,8-9H,7H2,1H3,(H2,16,19)(H,17,21). The Morgan fingerprint density at radius 3 is 2.95 bits per heavy atom. The Morgan fingerprint density at radius 1 is 1.38 bits per heavy atom. The van der Waals surface area contributed by atoms with Crippen LogP contribution in [-0.2, 0) is 13.6 Å². The largest absolute Gasteiger partial charge is 0.384 e. The van der Waals surface area contributed by atoms with E-state index in [2.05, 4.69) is 15.4 Å². The summed E-state index contributed by atoms with van der Waals surface area (Å²) in [6.07, 6.45) is 3.58. The smallest absolute Gasteiger partial charge is 0.252 e. The van der Waals surface area contributed by atoms with Crippen molar-refractivity contribution in [2.24, 2.45) is 7.05 Å². The summed E-state index contributed by atoms with van der Waals surface area (Å²) in [5, 5.41) is 7.73. The summed E-state index contributed by atoms with van der Waals surface area (Å²) in [5.74, 6) is 0.157. The number of hydrogen-bond acceptors (Lipinski definition) is 4. The topological polar surface area (TPSA) is 85.8 Å². The Morgan fingerprint density at radius 2 is 2.19 bits per heavy atom. The Kier molecular flexibility index (Phi) is 3.27. The number of nitrogens with zero attached hydrogens (tertiary/aromatic N) is 3. The zero-order valence-corrected chi connectivity index (χ0v) is 11.6. The number of carbonyl (C=O) groups excluding carboxylic acids is 1. The lowest BCUT2D eigenvalue weighted by atomic mass is 10.1. The van der Waals surface area contributed by atoms with Crippen molar-refractivity contribution < 1.29 is 4.79 Å². The number of rotatable bonds is 3. The number of nitrogens with one attached hydrogen (secondary N) is 1. The molecule has 0 aliphatic rings. The highest BCUT2D eigenvalue weighted by Crippen LogP contribution is 2.19. The molecule has 3 N–H and O–H groups in total. The number of anilines is 1. The van der Waals surface area contributed by atoms with Crippen molar-refractivity contribution in [1.82, 2.24) is 20.1 Å². The van der Waals surface area contributed by atoms with Crippen molar-refractivity contribution >= 4 is 22.6 Å². The second-order valence-electron chi connectivity index (χ2n) is 4.82. The van der Waals surface area contributed by atoms with Gasteiger partial charge in [-0.25, -0.2) is 4.98 Å². The van der Waals surface area contributed by atoms with Crippen LogP contribution in [0.25, 0.3) is 10.9 Å². The number of aromatic nitrogens is 3. The Hall–Kier alpha value is -2.89. The number of pyridine rings is 1. The van der Waals surface area contributed by atoms with Crippen molar-refractivity contribution in [3.05, 3.63) is 53.9 Å². The van der Waals surface area contributed by atoms with E-state index in [0.717, 1.165) is 10.9 Å². The van der Waals surface area contributed by atoms with E-state index in [-0.39, 0.29) is 5.91 Å². The lowest BCUT2D eigenvalue weighted by Crippen LogP contribution is -2.23. The molecule has 0 radical (unpaired) electrons. The van der Waals surface area contributed by atoms with E-state index >= 15 is 0 Å². The van der Waals surface area contributed by atoms with Crippen LogP contribution in [0.4, 0.5) is 5.82 Å². The molecule has 1 aromatic carbocycles. The van der Waals surface area contributed by atoms with Gasteiger partial charge < -0.3 is 11.1 Å². The average Bonchev–Trinajstić information content (AvgIpc) is 2.89. The average molecular weight is 281 g/mol. The number of amides is 1. The molecule has 0 bridgehead atoms. The molecule has 0 saturated heterocycles. The second-order valence-corrected chi connectivity index (χ2v) is 4.82. The molecule has 0 spiro atoms. The molecule has 3 aromatic rings. The van der Waals surface area contributed by atoms with E-state index in [0.29, 0.717) is 23.4 Å². The minimum Gasteiger partial charge on any atom is -0.384 e. The van der Waals surface area contributed by atoms with E-state index < -0.39 is 0 Å². The van der Waals surface area contributed by atoms with E-state index in [1.807, 2.05) is 37.5 Å². The van der Waals surface area contributed by atoms with Crippen LogP contribution in [-0.4, -0.2) is 20.7 Å². The molecule has 21 heavy (non-hydrogen) atoms. The van der Waals surface area contributed by atoms with Crippen LogP contribution in [0.3, 0.4) is 0 Å². The number of fused-ring (bicyclic) bond motifs is 1. The molecule has 0 aliphatic carbocycles. The molecular formula is C15H15N5O. The van der Waals surface area contributed by atoms with Gasteiger partial charge in [0.05, 0.1) is 17.3 Å². The molecule has 2 heterocycles. The van der Waals surface area contributed by atoms with Gasteiger partial charge in [-0.1, -0.05) is 18.2 Å². The van der Waals surface area contributed by atoms with Gasteiger partial charge in [0.2, 0.25) is 0 Å². The molecule has 2 aromatic heterocycles. The van der Waals surface area contributed by atoms with Crippen molar-refractivity contribution in [1.29, 1.82) is 0 Å². The van der Waals surface area contributed by atoms with E-state index in [1.165, 1.54) is 0 Å². The van der Waals surface area contributed by atoms with Crippen LogP contribution in [0.15, 0.2) is 42.7 Å². The number of benzene rings is 1. The number of nitrogens with two attached hydrogens (primary N) is 1. The fraction of sp³-hybridized carbons (Fsp3) is 0.133. The Bertz CT molecular complexity index is 809. The molecule has 1 amide bonds. The molecule has 106 valence electrons. The van der Waals surface area contributed by atoms with Gasteiger partial charge in [-0.05, 0) is 12.1 Å². The van der Waals surface area contributed by atoms with Gasteiger partial charge in [0.1, 0.15) is 5.82 Å². The predicted octanol–water partition coefficient (Wildman–Crippen LogP) is 1.48. The van der Waals surface area contributed by atoms with E-state index in [1.54, 1.807) is 16.9 Å². The second kappa shape index (κ2) is 5.24. The third-order valence-electron chi connectivity index (χ3n) is 3.19. The number of hydrogen-bond donors (Lipinski definition) is 2. The van der Waals surface area contributed by atoms with Gasteiger partial charge in [0.15, 0.2) is 0 Å². The van der Waals surface area contributed by atoms with Gasteiger partial charge in [0.25, 0.3) is 5.91 Å². The Balaban J connectivity index is 1.87. The van der Waals surface area contributed by atoms with Crippen LogP contribution in [0, 0.1) is 0 Å². The van der Waals surface area contributed by atoms with Crippen molar-refractivity contribution in [3.8, 4) is 0 Å². The lowest BCUT2D eigenvalue weighted by Gasteiger charge is -2.08. The minimum atomic E-state index is -0.177. The summed E-state index contributed by atoms with van der Waals surface area (Å²) in [5.41, 5.74) is 7.95. The molecule has 3 rings (SSSR count). The first kappa shape index (κ1) is 13.1. The lowest BCUT2D eigenvalue weighted by molar-refractivity contribution is 0.0952. The molecule has 0 unspecified atom stereocenters. The summed E-state index contributed by atoms with van der Waals surface area (Å²) in [4.78, 5) is 16.6. The van der Waals surface area contributed by atoms with Crippen molar-refractivity contribution in [3.63, 3.8) is 0 Å². The summed E-state index contributed by atoms with van der Waals surface area (Å²) >= 11 is 0. The summed E-state index contributed by atoms with van der Waals surface area (Å²) < 4.78 is 1.70. The maximum atomic E-state index is 12.4. The number of aryl methyl sites for hydroxylation is 1. The molecular weight excluding hydrogens is 266 g/mol. The zero-order valence-electron chi connectivity index (χ0n) is 11.6. The highest BCUT2D eigenvalue weighted by molar-refractivity contribution is 6.06. The van der Waals surface area contributed by atoms with Crippen LogP contribution in [0.1, 0.15) is 15.9 Å². The van der Waals surface area contributed by atoms with Gasteiger partial charge in [0, 0.05) is 30.7 Å². The third-order valence-corrected chi connectivity index (χ3v) is 3.19. The van der Waals surface area contributed by atoms with Crippen LogP contribution >= 0.6 is 0 Å². The first-order chi connectivity index (χ1) is 10.1. The maximum absolute atomic E-state index is 12.4. The van der Waals surface area contributed by atoms with Crippen LogP contribution < -0.4 is 11.1 Å². The minimum absolute atomic E-state index is 0.177. The number of para-hydroxylation sites is 1. The quantitative estimate of drug-likeness (QED) is 0.761. The van der Waals surface area contributed by atoms with Crippen molar-refractivity contribution in [2.75, 3.05) is 5.73 Å². The monoisotopic (exact) mass is 281 g/mol. The van der Waals surface area contributed by atoms with Crippen molar-refractivity contribution in [2.45, 2.75) is 6.54 Å². The van der Waals surface area contributed by atoms with Crippen LogP contribution in [0.5, 0.6) is 0 Å². The normalized spacial score (nSPS) is 10.7. The molecule has 6 nitrogen and oxygen atoms in total. The first-order valence-corrected chi connectivity index (χ1v) is 6.54. The van der Waals surface area contributed by atoms with Crippen LogP contribution in [0.2, 0.25) is 0 Å². The van der Waals surface area contributed by atoms with E-state index in [4.69, 9.17) is 5.73 Å². The third kappa shape index (κ3) is 2.69. The van der Waals surface area contributed by atoms with Gasteiger partial charge in [-0.2, -0.15) is 5.10 Å². The molecule has 0 fully saturated rings. The van der Waals surface area contributed by atoms with Gasteiger partial charge >= 0.3 is 0 Å². The molecule has 0 saturated carbocycles. The van der Waals surface area contributed by atoms with Gasteiger partial charge in [-0.15, -0.1) is 0 Å². The molecule has 6 heteroatoms. The molecule has 0 aliphatic heterocycles. The SMILES string of the molecule is Cn1cc(CNC(=O)c2cc(N)nc3ccccc23)cn1. The number of nitrogen functional groups attached to an aromatic ring is 1. The summed E-state index contributed by atoms with van der Waals surface area (Å²) in [7, 11) is 1.84. The van der Waals surface area contributed by atoms with Gasteiger partial charge in [-0.3, -0.25) is 9.48 Å². The predicted molar refractivity (Wildman–Crippen MR) is 80.5 cm³/mol. The zero-order chi connectivity index (χ0) is 14.8. The Labute approximate surface area is 121 Å². The van der Waals surface area contributed by atoms with E-state index in [9.17, 15) is 4.79 Å². The highest BCUT2D eigenvalue weighted by Gasteiger charge is 2.12.